The van der Waals surface area contributed by atoms with Gasteiger partial charge in [0.05, 0.1) is 13.0 Å². The summed E-state index contributed by atoms with van der Waals surface area (Å²) in [7, 11) is 0. The lowest BCUT2D eigenvalue weighted by molar-refractivity contribution is -0.128. The van der Waals surface area contributed by atoms with Crippen molar-refractivity contribution in [2.24, 2.45) is 0 Å². The highest BCUT2D eigenvalue weighted by Gasteiger charge is 2.27. The number of Topliss-reactive ketones (excluding diaryl/α,β-unsaturated/α-hetero) is 1. The van der Waals surface area contributed by atoms with Gasteiger partial charge in [-0.25, -0.2) is 0 Å². The highest BCUT2D eigenvalue weighted by atomic mass is 16.2. The molecule has 1 aliphatic rings. The summed E-state index contributed by atoms with van der Waals surface area (Å²) in [6, 6.07) is 6.16. The predicted octanol–water partition coefficient (Wildman–Crippen LogP) is 1.60. The summed E-state index contributed by atoms with van der Waals surface area (Å²) >= 11 is 0. The number of hydrogen-bond donors (Lipinski definition) is 0. The molecule has 16 heavy (non-hydrogen) atoms. The number of ketones is 1. The van der Waals surface area contributed by atoms with E-state index in [9.17, 15) is 9.59 Å². The third kappa shape index (κ3) is 2.13. The number of likely N-dealkylation sites (tertiary alicyclic amines) is 1. The molecule has 0 aromatic heterocycles. The van der Waals surface area contributed by atoms with E-state index >= 15 is 0 Å². The largest absolute Gasteiger partial charge is 0.331 e. The van der Waals surface area contributed by atoms with E-state index in [0.29, 0.717) is 6.54 Å². The van der Waals surface area contributed by atoms with Crippen LogP contribution in [0.25, 0.3) is 0 Å². The second kappa shape index (κ2) is 4.08. The molecule has 1 fully saturated rings. The summed E-state index contributed by atoms with van der Waals surface area (Å²) in [5.41, 5.74) is 3.51. The lowest BCUT2D eigenvalue weighted by Gasteiger charge is -2.16. The maximum Gasteiger partial charge on any atom is 0.230 e. The van der Waals surface area contributed by atoms with Crippen molar-refractivity contribution < 1.29 is 9.59 Å². The first-order valence-corrected chi connectivity index (χ1v) is 5.42. The molecule has 1 saturated heterocycles. The number of aryl methyl sites for hydroxylation is 2. The van der Waals surface area contributed by atoms with E-state index in [0.717, 1.165) is 5.56 Å². The van der Waals surface area contributed by atoms with Crippen LogP contribution < -0.4 is 0 Å². The first-order chi connectivity index (χ1) is 7.56. The Morgan fingerprint density at radius 2 is 2.00 bits per heavy atom. The van der Waals surface area contributed by atoms with Gasteiger partial charge in [0.25, 0.3) is 0 Å². The fraction of sp³-hybridized carbons (Fsp3) is 0.385. The fourth-order valence-corrected chi connectivity index (χ4v) is 2.01. The quantitative estimate of drug-likeness (QED) is 0.706. The Morgan fingerprint density at radius 3 is 2.56 bits per heavy atom. The number of nitrogens with zero attached hydrogens (tertiary/aromatic N) is 1. The number of benzene rings is 1. The lowest BCUT2D eigenvalue weighted by atomic mass is 10.1. The minimum atomic E-state index is -0.0509. The number of carbonyl (C=O) groups is 2. The maximum absolute atomic E-state index is 11.5. The van der Waals surface area contributed by atoms with Crippen LogP contribution in [0.3, 0.4) is 0 Å². The predicted molar refractivity (Wildman–Crippen MR) is 61.0 cm³/mol. The first-order valence-electron chi connectivity index (χ1n) is 5.42. The standard InChI is InChI=1S/C13H15NO2/c1-9-3-4-11(10(2)5-9)7-14-8-12(15)6-13(14)16/h3-5H,6-8H2,1-2H3. The van der Waals surface area contributed by atoms with Crippen LogP contribution in [0.5, 0.6) is 0 Å². The monoisotopic (exact) mass is 217 g/mol. The van der Waals surface area contributed by atoms with Gasteiger partial charge in [0.15, 0.2) is 5.78 Å². The van der Waals surface area contributed by atoms with Crippen LogP contribution in [0.1, 0.15) is 23.1 Å². The molecule has 0 aliphatic carbocycles. The van der Waals surface area contributed by atoms with Crippen molar-refractivity contribution in [3.63, 3.8) is 0 Å². The van der Waals surface area contributed by atoms with Crippen molar-refractivity contribution in [1.82, 2.24) is 4.90 Å². The zero-order chi connectivity index (χ0) is 11.7. The molecule has 0 radical (unpaired) electrons. The minimum Gasteiger partial charge on any atom is -0.331 e. The van der Waals surface area contributed by atoms with Crippen LogP contribution in [-0.2, 0) is 16.1 Å². The maximum atomic E-state index is 11.5. The van der Waals surface area contributed by atoms with Crippen molar-refractivity contribution in [1.29, 1.82) is 0 Å². The van der Waals surface area contributed by atoms with E-state index in [1.54, 1.807) is 4.90 Å². The Hall–Kier alpha value is -1.64. The molecule has 3 heteroatoms. The van der Waals surface area contributed by atoms with Gasteiger partial charge >= 0.3 is 0 Å². The molecular weight excluding hydrogens is 202 g/mol. The van der Waals surface area contributed by atoms with Crippen LogP contribution in [0, 0.1) is 13.8 Å². The lowest BCUT2D eigenvalue weighted by Crippen LogP contribution is -2.25. The SMILES string of the molecule is Cc1ccc(CN2CC(=O)CC2=O)c(C)c1. The molecule has 1 aliphatic heterocycles. The smallest absolute Gasteiger partial charge is 0.230 e. The second-order valence-electron chi connectivity index (χ2n) is 4.40. The van der Waals surface area contributed by atoms with Crippen LogP contribution >= 0.6 is 0 Å². The molecule has 0 N–H and O–H groups in total. The third-order valence-corrected chi connectivity index (χ3v) is 2.93. The molecule has 0 unspecified atom stereocenters. The summed E-state index contributed by atoms with van der Waals surface area (Å²) < 4.78 is 0. The minimum absolute atomic E-state index is 0.0229. The van der Waals surface area contributed by atoms with Gasteiger partial charge in [0.2, 0.25) is 5.91 Å². The fourth-order valence-electron chi connectivity index (χ4n) is 2.01. The van der Waals surface area contributed by atoms with Gasteiger partial charge in [0.1, 0.15) is 0 Å². The van der Waals surface area contributed by atoms with Crippen molar-refractivity contribution in [2.75, 3.05) is 6.54 Å². The molecule has 1 amide bonds. The average Bonchev–Trinajstić information content (AvgIpc) is 2.50. The second-order valence-corrected chi connectivity index (χ2v) is 4.40. The van der Waals surface area contributed by atoms with Crippen molar-refractivity contribution in [3.8, 4) is 0 Å². The number of amides is 1. The molecular formula is C13H15NO2. The number of carbonyl (C=O) groups excluding carboxylic acids is 2. The molecule has 0 spiro atoms. The van der Waals surface area contributed by atoms with Crippen molar-refractivity contribution in [2.45, 2.75) is 26.8 Å². The Morgan fingerprint density at radius 1 is 1.25 bits per heavy atom. The molecule has 0 atom stereocenters. The average molecular weight is 217 g/mol. The Balaban J connectivity index is 2.15. The Bertz CT molecular complexity index is 451. The van der Waals surface area contributed by atoms with Crippen LogP contribution in [0.15, 0.2) is 18.2 Å². The molecule has 84 valence electrons. The number of rotatable bonds is 2. The van der Waals surface area contributed by atoms with Crippen molar-refractivity contribution in [3.05, 3.63) is 34.9 Å². The van der Waals surface area contributed by atoms with E-state index < -0.39 is 0 Å². The van der Waals surface area contributed by atoms with Gasteiger partial charge in [-0.2, -0.15) is 0 Å². The van der Waals surface area contributed by atoms with Crippen LogP contribution in [0.4, 0.5) is 0 Å². The van der Waals surface area contributed by atoms with Gasteiger partial charge in [-0.3, -0.25) is 9.59 Å². The van der Waals surface area contributed by atoms with E-state index in [4.69, 9.17) is 0 Å². The summed E-state index contributed by atoms with van der Waals surface area (Å²) in [4.78, 5) is 24.2. The summed E-state index contributed by atoms with van der Waals surface area (Å²) in [6.45, 7) is 4.90. The summed E-state index contributed by atoms with van der Waals surface area (Å²) in [6.07, 6.45) is 0.0743. The molecule has 2 rings (SSSR count). The van der Waals surface area contributed by atoms with Crippen LogP contribution in [-0.4, -0.2) is 23.1 Å². The third-order valence-electron chi connectivity index (χ3n) is 2.93. The van der Waals surface area contributed by atoms with E-state index in [-0.39, 0.29) is 24.7 Å². The van der Waals surface area contributed by atoms with Gasteiger partial charge in [-0.15, -0.1) is 0 Å². The van der Waals surface area contributed by atoms with Crippen molar-refractivity contribution >= 4 is 11.7 Å². The summed E-state index contributed by atoms with van der Waals surface area (Å²) in [5, 5.41) is 0. The number of hydrogen-bond acceptors (Lipinski definition) is 2. The molecule has 1 aromatic rings. The Kier molecular flexibility index (Phi) is 2.77. The van der Waals surface area contributed by atoms with E-state index in [1.165, 1.54) is 11.1 Å². The molecule has 1 aromatic carbocycles. The van der Waals surface area contributed by atoms with Gasteiger partial charge in [-0.1, -0.05) is 23.8 Å². The van der Waals surface area contributed by atoms with Crippen LogP contribution in [0.2, 0.25) is 0 Å². The zero-order valence-corrected chi connectivity index (χ0v) is 9.62. The van der Waals surface area contributed by atoms with Gasteiger partial charge in [-0.05, 0) is 25.0 Å². The zero-order valence-electron chi connectivity index (χ0n) is 9.62. The Labute approximate surface area is 95.1 Å². The highest BCUT2D eigenvalue weighted by Crippen LogP contribution is 2.16. The topological polar surface area (TPSA) is 37.4 Å². The van der Waals surface area contributed by atoms with Gasteiger partial charge in [0, 0.05) is 6.54 Å². The normalized spacial score (nSPS) is 16.0. The molecule has 0 saturated carbocycles. The highest BCUT2D eigenvalue weighted by molar-refractivity contribution is 6.05. The first kappa shape index (κ1) is 10.9. The van der Waals surface area contributed by atoms with E-state index in [1.807, 2.05) is 26.0 Å². The summed E-state index contributed by atoms with van der Waals surface area (Å²) in [5.74, 6) is -0.0280. The molecule has 3 nitrogen and oxygen atoms in total. The van der Waals surface area contributed by atoms with E-state index in [2.05, 4.69) is 6.07 Å². The molecule has 1 heterocycles. The van der Waals surface area contributed by atoms with Gasteiger partial charge < -0.3 is 4.90 Å². The molecule has 0 bridgehead atoms.